The number of hydrogen-bond donors (Lipinski definition) is 1. The van der Waals surface area contributed by atoms with Gasteiger partial charge < -0.3 is 0 Å². The second kappa shape index (κ2) is 3.76. The standard InChI is InChI=1S/C10H8Cl2N2O/c1-6-2-10(15)13-14(6)9-4-7(11)3-8(12)5-9/h2-5H,1H3,(H,13,15). The van der Waals surface area contributed by atoms with Crippen LogP contribution in [0.25, 0.3) is 5.69 Å². The summed E-state index contributed by atoms with van der Waals surface area (Å²) < 4.78 is 1.64. The fourth-order valence-corrected chi connectivity index (χ4v) is 1.94. The molecule has 15 heavy (non-hydrogen) atoms. The van der Waals surface area contributed by atoms with E-state index in [9.17, 15) is 4.79 Å². The van der Waals surface area contributed by atoms with Gasteiger partial charge in [-0.2, -0.15) is 0 Å². The van der Waals surface area contributed by atoms with Gasteiger partial charge in [0.2, 0.25) is 0 Å². The fourth-order valence-electron chi connectivity index (χ4n) is 1.42. The Kier molecular flexibility index (Phi) is 2.59. The zero-order chi connectivity index (χ0) is 11.0. The summed E-state index contributed by atoms with van der Waals surface area (Å²) in [6, 6.07) is 6.62. The molecule has 2 rings (SSSR count). The van der Waals surface area contributed by atoms with Crippen molar-refractivity contribution in [3.8, 4) is 5.69 Å². The predicted octanol–water partition coefficient (Wildman–Crippen LogP) is 2.78. The van der Waals surface area contributed by atoms with E-state index in [4.69, 9.17) is 23.2 Å². The molecule has 1 heterocycles. The molecule has 0 saturated carbocycles. The lowest BCUT2D eigenvalue weighted by Gasteiger charge is -2.06. The first-order valence-electron chi connectivity index (χ1n) is 4.31. The van der Waals surface area contributed by atoms with Crippen molar-refractivity contribution in [1.82, 2.24) is 9.78 Å². The van der Waals surface area contributed by atoms with Crippen LogP contribution in [0.15, 0.2) is 29.1 Å². The smallest absolute Gasteiger partial charge is 0.264 e. The monoisotopic (exact) mass is 242 g/mol. The molecule has 1 aromatic heterocycles. The molecule has 0 spiro atoms. The zero-order valence-electron chi connectivity index (χ0n) is 7.92. The minimum atomic E-state index is -0.149. The van der Waals surface area contributed by atoms with Crippen LogP contribution in [-0.2, 0) is 0 Å². The number of nitrogens with one attached hydrogen (secondary N) is 1. The van der Waals surface area contributed by atoms with E-state index in [1.807, 2.05) is 6.92 Å². The van der Waals surface area contributed by atoms with Gasteiger partial charge in [0, 0.05) is 21.8 Å². The average Bonchev–Trinajstić information content (AvgIpc) is 2.43. The Morgan fingerprint density at radius 2 is 1.73 bits per heavy atom. The number of H-pyrrole nitrogens is 1. The number of rotatable bonds is 1. The summed E-state index contributed by atoms with van der Waals surface area (Å²) in [5, 5.41) is 3.73. The SMILES string of the molecule is Cc1cc(=O)[nH]n1-c1cc(Cl)cc(Cl)c1. The third-order valence-electron chi connectivity index (χ3n) is 2.02. The zero-order valence-corrected chi connectivity index (χ0v) is 9.43. The molecular weight excluding hydrogens is 235 g/mol. The van der Waals surface area contributed by atoms with Crippen molar-refractivity contribution in [1.29, 1.82) is 0 Å². The second-order valence-corrected chi connectivity index (χ2v) is 4.10. The third-order valence-corrected chi connectivity index (χ3v) is 2.46. The maximum Gasteiger partial charge on any atom is 0.264 e. The highest BCUT2D eigenvalue weighted by Crippen LogP contribution is 2.21. The number of hydrogen-bond acceptors (Lipinski definition) is 1. The van der Waals surface area contributed by atoms with Crippen LogP contribution < -0.4 is 5.56 Å². The maximum atomic E-state index is 11.1. The van der Waals surface area contributed by atoms with Gasteiger partial charge in [0.25, 0.3) is 5.56 Å². The van der Waals surface area contributed by atoms with Crippen molar-refractivity contribution in [3.63, 3.8) is 0 Å². The summed E-state index contributed by atoms with van der Waals surface area (Å²) in [5.41, 5.74) is 1.40. The van der Waals surface area contributed by atoms with Crippen molar-refractivity contribution >= 4 is 23.2 Å². The van der Waals surface area contributed by atoms with Gasteiger partial charge in [-0.25, -0.2) is 0 Å². The number of benzene rings is 1. The molecule has 0 saturated heterocycles. The second-order valence-electron chi connectivity index (χ2n) is 3.22. The lowest BCUT2D eigenvalue weighted by molar-refractivity contribution is 0.834. The highest BCUT2D eigenvalue weighted by Gasteiger charge is 2.04. The Bertz CT molecular complexity index is 537. The predicted molar refractivity (Wildman–Crippen MR) is 61.1 cm³/mol. The first-order chi connectivity index (χ1) is 7.06. The van der Waals surface area contributed by atoms with E-state index in [2.05, 4.69) is 5.10 Å². The number of halogens is 2. The maximum absolute atomic E-state index is 11.1. The molecule has 1 aromatic carbocycles. The van der Waals surface area contributed by atoms with Gasteiger partial charge in [0.05, 0.1) is 5.69 Å². The molecule has 0 atom stereocenters. The minimum Gasteiger partial charge on any atom is -0.268 e. The van der Waals surface area contributed by atoms with Gasteiger partial charge in [0.15, 0.2) is 0 Å². The Labute approximate surface area is 96.2 Å². The quantitative estimate of drug-likeness (QED) is 0.821. The molecule has 0 fully saturated rings. The van der Waals surface area contributed by atoms with E-state index in [-0.39, 0.29) is 5.56 Å². The number of nitrogens with zero attached hydrogens (tertiary/aromatic N) is 1. The highest BCUT2D eigenvalue weighted by atomic mass is 35.5. The van der Waals surface area contributed by atoms with Crippen LogP contribution in [0, 0.1) is 6.92 Å². The van der Waals surface area contributed by atoms with Gasteiger partial charge in [-0.05, 0) is 25.1 Å². The van der Waals surface area contributed by atoms with Crippen LogP contribution in [0.3, 0.4) is 0 Å². The summed E-state index contributed by atoms with van der Waals surface area (Å²) >= 11 is 11.7. The van der Waals surface area contributed by atoms with Gasteiger partial charge in [-0.15, -0.1) is 0 Å². The molecular formula is C10H8Cl2N2O. The Morgan fingerprint density at radius 1 is 1.13 bits per heavy atom. The normalized spacial score (nSPS) is 10.6. The van der Waals surface area contributed by atoms with Crippen molar-refractivity contribution in [2.75, 3.05) is 0 Å². The Morgan fingerprint density at radius 3 is 2.20 bits per heavy atom. The van der Waals surface area contributed by atoms with Crippen molar-refractivity contribution in [2.24, 2.45) is 0 Å². The van der Waals surface area contributed by atoms with Crippen molar-refractivity contribution in [3.05, 3.63) is 50.4 Å². The molecule has 0 aliphatic heterocycles. The lowest BCUT2D eigenvalue weighted by Crippen LogP contribution is -2.04. The summed E-state index contributed by atoms with van der Waals surface area (Å²) in [6.45, 7) is 1.83. The molecule has 0 aliphatic rings. The van der Waals surface area contributed by atoms with Crippen LogP contribution in [0.5, 0.6) is 0 Å². The molecule has 78 valence electrons. The van der Waals surface area contributed by atoms with Crippen LogP contribution >= 0.6 is 23.2 Å². The molecule has 0 amide bonds. The van der Waals surface area contributed by atoms with Crippen molar-refractivity contribution < 1.29 is 0 Å². The molecule has 1 N–H and O–H groups in total. The van der Waals surface area contributed by atoms with E-state index in [0.717, 1.165) is 11.4 Å². The molecule has 2 aromatic rings. The molecule has 5 heteroatoms. The summed E-state index contributed by atoms with van der Waals surface area (Å²) in [7, 11) is 0. The summed E-state index contributed by atoms with van der Waals surface area (Å²) in [5.74, 6) is 0. The number of aryl methyl sites for hydroxylation is 1. The minimum absolute atomic E-state index is 0.149. The first-order valence-corrected chi connectivity index (χ1v) is 5.07. The molecule has 0 bridgehead atoms. The van der Waals surface area contributed by atoms with Crippen molar-refractivity contribution in [2.45, 2.75) is 6.92 Å². The average molecular weight is 243 g/mol. The molecule has 0 aliphatic carbocycles. The number of aromatic amines is 1. The van der Waals surface area contributed by atoms with E-state index in [0.29, 0.717) is 10.0 Å². The van der Waals surface area contributed by atoms with Crippen LogP contribution in [0.1, 0.15) is 5.69 Å². The van der Waals surface area contributed by atoms with Gasteiger partial charge in [0.1, 0.15) is 0 Å². The van der Waals surface area contributed by atoms with Crippen LogP contribution in [0.4, 0.5) is 0 Å². The van der Waals surface area contributed by atoms with Crippen LogP contribution in [0.2, 0.25) is 10.0 Å². The van der Waals surface area contributed by atoms with E-state index < -0.39 is 0 Å². The molecule has 0 radical (unpaired) electrons. The third kappa shape index (κ3) is 2.08. The number of aromatic nitrogens is 2. The lowest BCUT2D eigenvalue weighted by atomic mass is 10.3. The molecule has 3 nitrogen and oxygen atoms in total. The topological polar surface area (TPSA) is 37.8 Å². The van der Waals surface area contributed by atoms with Gasteiger partial charge in [-0.1, -0.05) is 23.2 Å². The first kappa shape index (κ1) is 10.3. The Balaban J connectivity index is 2.63. The Hall–Kier alpha value is -1.19. The molecule has 0 unspecified atom stereocenters. The highest BCUT2D eigenvalue weighted by molar-refractivity contribution is 6.34. The van der Waals surface area contributed by atoms with Crippen LogP contribution in [-0.4, -0.2) is 9.78 Å². The summed E-state index contributed by atoms with van der Waals surface area (Å²) in [6.07, 6.45) is 0. The largest absolute Gasteiger partial charge is 0.268 e. The van der Waals surface area contributed by atoms with Gasteiger partial charge >= 0.3 is 0 Å². The summed E-state index contributed by atoms with van der Waals surface area (Å²) in [4.78, 5) is 11.1. The van der Waals surface area contributed by atoms with E-state index in [1.165, 1.54) is 6.07 Å². The van der Waals surface area contributed by atoms with E-state index in [1.54, 1.807) is 22.9 Å². The fraction of sp³-hybridized carbons (Fsp3) is 0.100. The van der Waals surface area contributed by atoms with E-state index >= 15 is 0 Å². The van der Waals surface area contributed by atoms with Gasteiger partial charge in [-0.3, -0.25) is 14.6 Å².